The van der Waals surface area contributed by atoms with Crippen molar-refractivity contribution in [2.45, 2.75) is 40.5 Å². The minimum atomic E-state index is -3.12. The Morgan fingerprint density at radius 3 is 0.852 bits per heavy atom. The number of carbonyl (C=O) groups is 10. The molecule has 1 saturated heterocycles. The van der Waals surface area contributed by atoms with E-state index in [1.807, 2.05) is 17.8 Å². The first-order chi connectivity index (χ1) is 67.0. The van der Waals surface area contributed by atoms with Crippen LogP contribution in [0.5, 0.6) is 172 Å². The lowest BCUT2D eigenvalue weighted by molar-refractivity contribution is -0.282. The summed E-state index contributed by atoms with van der Waals surface area (Å²) in [5.41, 5.74) is -7.41. The molecule has 0 bridgehead atoms. The molecule has 0 radical (unpaired) electrons. The van der Waals surface area contributed by atoms with E-state index >= 15 is 14.4 Å². The van der Waals surface area contributed by atoms with Gasteiger partial charge in [-0.15, -0.1) is 0 Å². The van der Waals surface area contributed by atoms with Crippen molar-refractivity contribution in [2.24, 2.45) is 0 Å². The van der Waals surface area contributed by atoms with Gasteiger partial charge in [-0.2, -0.15) is 0 Å². The zero-order valence-corrected chi connectivity index (χ0v) is 73.1. The van der Waals surface area contributed by atoms with E-state index in [4.69, 9.17) is 63.7 Å². The maximum absolute atomic E-state index is 15.3. The molecule has 142 heavy (non-hydrogen) atoms. The molecular formula is C92H69ClN2O46S. The van der Waals surface area contributed by atoms with Crippen molar-refractivity contribution in [1.82, 2.24) is 4.90 Å². The van der Waals surface area contributed by atoms with Crippen LogP contribution in [-0.2, 0) is 28.4 Å². The number of fused-ring (bicyclic) bond motifs is 2. The fraction of sp³-hybridized carbons (Fsp3) is 0.109. The number of halogens is 1. The summed E-state index contributed by atoms with van der Waals surface area (Å²) in [6.07, 6.45) is -15.1. The van der Waals surface area contributed by atoms with Gasteiger partial charge in [0, 0.05) is 27.9 Å². The number of likely N-dealkylation sites (N-methyl/N-ethyl adjacent to an activating group) is 1. The highest BCUT2D eigenvalue weighted by molar-refractivity contribution is 7.99. The van der Waals surface area contributed by atoms with Crippen molar-refractivity contribution in [3.63, 3.8) is 0 Å². The zero-order chi connectivity index (χ0) is 103. The maximum Gasteiger partial charge on any atom is 0.343 e. The molecule has 736 valence electrons. The van der Waals surface area contributed by atoms with Crippen LogP contribution in [0, 0.1) is 0 Å². The van der Waals surface area contributed by atoms with E-state index in [2.05, 4.69) is 60.3 Å². The van der Waals surface area contributed by atoms with Gasteiger partial charge in [0.05, 0.1) is 67.0 Å². The molecule has 25 N–H and O–H groups in total. The second kappa shape index (κ2) is 40.7. The second-order valence-electron chi connectivity index (χ2n) is 30.3. The number of phenols is 25. The summed E-state index contributed by atoms with van der Waals surface area (Å²) in [7, 11) is 4.20. The van der Waals surface area contributed by atoms with Crippen LogP contribution in [0.15, 0.2) is 174 Å². The molecule has 5 atom stereocenters. The summed E-state index contributed by atoms with van der Waals surface area (Å²) in [5, 5.41) is 262. The Morgan fingerprint density at radius 1 is 0.296 bits per heavy atom. The number of ether oxygens (including phenoxy) is 11. The molecule has 50 heteroatoms. The number of nitrogens with zero attached hydrogens (tertiary/aromatic N) is 2. The third-order valence-electron chi connectivity index (χ3n) is 20.3. The van der Waals surface area contributed by atoms with Gasteiger partial charge in [0.15, 0.2) is 156 Å². The first-order valence-electron chi connectivity index (χ1n) is 39.8. The van der Waals surface area contributed by atoms with Gasteiger partial charge < -0.3 is 190 Å². The van der Waals surface area contributed by atoms with Gasteiger partial charge in [-0.05, 0) is 166 Å². The molecule has 0 aromatic heterocycles. The van der Waals surface area contributed by atoms with Crippen LogP contribution in [-0.4, -0.2) is 257 Å². The summed E-state index contributed by atoms with van der Waals surface area (Å²) in [4.78, 5) is 150. The van der Waals surface area contributed by atoms with Crippen LogP contribution < -0.4 is 28.6 Å². The normalized spacial score (nSPS) is 14.5. The standard InChI is InChI=1S/C76H52O46.C16H17ClN2S/c77-32-1-22(2-33(78)53(32)92)67(103)113-47-16-27(11-42(87)58(47)97)66(102)112-21-52-63(119-72(108)28-12-43(88)59(98)48(17-28)114-68(104)23-3-34(79)54(93)35(80)4-23)64(120-73(109)29-13-44(89)60(99)49(18-29)115-69(105)24-5-36(81)55(94)37(82)6-24)65(121-74(110)30-14-45(90)61(100)50(19-30)116-70(106)25-7-38(83)56(95)39(84)8-25)76(118-52)122-75(111)31-15-46(91)62(101)51(20-31)117-71(107)26-9-40(85)57(96)41(86)10-26;1-18(2)9-10-19-13-5-3-4-6-15(13)20-16-8-7-12(17)11-14(16)19/h1-20,52,63-65,76-101H,21H2;3-8,11H,9-10H2,1-2H3/t52-,63-,64+,65-,76+;/m1./s1. The smallest absolute Gasteiger partial charge is 0.343 e. The lowest BCUT2D eigenvalue weighted by Crippen LogP contribution is -2.63. The van der Waals surface area contributed by atoms with Gasteiger partial charge >= 0.3 is 59.7 Å². The third kappa shape index (κ3) is 21.6. The molecule has 2 heterocycles. The minimum Gasteiger partial charge on any atom is -0.504 e. The fourth-order valence-corrected chi connectivity index (χ4v) is 14.4. The summed E-state index contributed by atoms with van der Waals surface area (Å²) in [6.45, 7) is 0.253. The van der Waals surface area contributed by atoms with Gasteiger partial charge in [0.1, 0.15) is 12.7 Å². The topological polar surface area (TPSA) is 784 Å². The Kier molecular flexibility index (Phi) is 28.7. The zero-order valence-electron chi connectivity index (χ0n) is 71.5. The van der Waals surface area contributed by atoms with Crippen molar-refractivity contribution in [3.05, 3.63) is 224 Å². The Hall–Kier alpha value is -19.3. The van der Waals surface area contributed by atoms with Crippen LogP contribution in [0.1, 0.15) is 104 Å². The second-order valence-corrected chi connectivity index (χ2v) is 31.8. The van der Waals surface area contributed by atoms with Crippen LogP contribution in [0.3, 0.4) is 0 Å². The van der Waals surface area contributed by atoms with E-state index in [-0.39, 0.29) is 0 Å². The van der Waals surface area contributed by atoms with E-state index in [0.29, 0.717) is 121 Å². The molecule has 0 saturated carbocycles. The quantitative estimate of drug-likeness (QED) is 0.0116. The summed E-state index contributed by atoms with van der Waals surface area (Å²) in [5.74, 6) is -56.0. The van der Waals surface area contributed by atoms with Crippen LogP contribution in [0.2, 0.25) is 5.02 Å². The molecule has 14 rings (SSSR count). The van der Waals surface area contributed by atoms with Crippen LogP contribution >= 0.6 is 23.4 Å². The largest absolute Gasteiger partial charge is 0.504 e. The van der Waals surface area contributed by atoms with E-state index in [0.717, 1.165) is 18.1 Å². The number of para-hydroxylation sites is 1. The maximum atomic E-state index is 15.3. The monoisotopic (exact) mass is 2000 g/mol. The highest BCUT2D eigenvalue weighted by Crippen LogP contribution is 2.52. The van der Waals surface area contributed by atoms with Crippen LogP contribution in [0.25, 0.3) is 0 Å². The molecule has 48 nitrogen and oxygen atoms in total. The van der Waals surface area contributed by atoms with Gasteiger partial charge in [0.2, 0.25) is 41.1 Å². The molecule has 12 aromatic rings. The number of hydrogen-bond acceptors (Lipinski definition) is 49. The number of anilines is 2. The number of aromatic hydroxyl groups is 25. The van der Waals surface area contributed by atoms with E-state index in [9.17, 15) is 161 Å². The van der Waals surface area contributed by atoms with Crippen molar-refractivity contribution in [3.8, 4) is 172 Å². The molecule has 0 amide bonds. The lowest BCUT2D eigenvalue weighted by Gasteiger charge is -2.43. The molecule has 1 fully saturated rings. The Labute approximate surface area is 799 Å². The predicted octanol–water partition coefficient (Wildman–Crippen LogP) is 9.34. The molecule has 2 aliphatic heterocycles. The van der Waals surface area contributed by atoms with Crippen molar-refractivity contribution in [1.29, 1.82) is 0 Å². The minimum absolute atomic E-state index is 0.295. The van der Waals surface area contributed by atoms with E-state index in [1.165, 1.54) is 21.2 Å². The number of rotatable bonds is 24. The first kappa shape index (κ1) is 100. The summed E-state index contributed by atoms with van der Waals surface area (Å²) in [6, 6.07) is 23.3. The summed E-state index contributed by atoms with van der Waals surface area (Å²) >= 11 is 8.00. The summed E-state index contributed by atoms with van der Waals surface area (Å²) < 4.78 is 60.4. The first-order valence-corrected chi connectivity index (χ1v) is 41.0. The third-order valence-corrected chi connectivity index (χ3v) is 21.6. The Morgan fingerprint density at radius 2 is 0.549 bits per heavy atom. The molecule has 0 spiro atoms. The number of esters is 10. The number of phenolic OH excluding ortho intramolecular Hbond substituents is 25. The van der Waals surface area contributed by atoms with Gasteiger partial charge in [-0.1, -0.05) is 35.5 Å². The van der Waals surface area contributed by atoms with Crippen LogP contribution in [0.4, 0.5) is 11.4 Å². The predicted molar refractivity (Wildman–Crippen MR) is 470 cm³/mol. The number of benzene rings is 12. The molecular weight excluding hydrogens is 1940 g/mol. The average molecular weight is 2010 g/mol. The Balaban J connectivity index is 0.000000746. The van der Waals surface area contributed by atoms with Gasteiger partial charge in [-0.25, -0.2) is 47.9 Å². The van der Waals surface area contributed by atoms with Crippen molar-refractivity contribution < 1.29 is 228 Å². The SMILES string of the molecule is CN(C)CCN1c2ccccc2Sc2ccc(Cl)cc21.O=C(OC[C@H]1O[C@@H](OC(=O)c2cc(O)c(O)c(OC(=O)c3cc(O)c(O)c(O)c3)c2)[C@H](OC(=O)c2cc(O)c(O)c(OC(=O)c3cc(O)c(O)c(O)c3)c2)[C@@H](OC(=O)c2cc(O)c(O)c(OC(=O)c3cc(O)c(O)c(O)c3)c2)[C@@H]1OC(=O)c1cc(O)c(O)c(OC(=O)c2cc(O)c(O)c(O)c2)c1)c1cc(O)c(O)c(OC(=O)c2cc(O)c(O)c(O)c2)c1. The Bertz CT molecular complexity index is 7090. The van der Waals surface area contributed by atoms with Crippen molar-refractivity contribution in [2.75, 3.05) is 38.7 Å². The molecule has 0 aliphatic carbocycles. The lowest BCUT2D eigenvalue weighted by atomic mass is 9.97. The van der Waals surface area contributed by atoms with Gasteiger partial charge in [0.25, 0.3) is 0 Å². The van der Waals surface area contributed by atoms with E-state index in [1.54, 1.807) is 0 Å². The molecule has 0 unspecified atom stereocenters. The highest BCUT2D eigenvalue weighted by Gasteiger charge is 2.55. The molecule has 12 aromatic carbocycles. The fourth-order valence-electron chi connectivity index (χ4n) is 13.2. The number of carbonyl (C=O) groups excluding carboxylic acids is 10. The average Bonchev–Trinajstić information content (AvgIpc) is 0.764. The van der Waals surface area contributed by atoms with Gasteiger partial charge in [-0.3, -0.25) is 0 Å². The van der Waals surface area contributed by atoms with Crippen molar-refractivity contribution >= 4 is 94.4 Å². The van der Waals surface area contributed by atoms with E-state index < -0.39 is 325 Å². The highest BCUT2D eigenvalue weighted by atomic mass is 35.5. The molecule has 2 aliphatic rings. The number of hydrogen-bond donors (Lipinski definition) is 25.